The van der Waals surface area contributed by atoms with Crippen molar-refractivity contribution < 1.29 is 4.79 Å². The number of nitrogens with one attached hydrogen (secondary N) is 1. The van der Waals surface area contributed by atoms with Crippen molar-refractivity contribution in [3.63, 3.8) is 0 Å². The number of rotatable bonds is 2. The van der Waals surface area contributed by atoms with Gasteiger partial charge in [-0.2, -0.15) is 0 Å². The molecule has 1 amide bonds. The van der Waals surface area contributed by atoms with Crippen molar-refractivity contribution in [2.45, 2.75) is 25.3 Å². The molecular formula is C21H19NO. The maximum atomic E-state index is 12.8. The standard InChI is InChI=1S/C21H19NO/c23-21(19-13-5-9-15-7-1-3-11-17(15)19)22-20-14-6-10-16-8-2-4-12-18(16)20/h1-5,7-9,11-13,20H,6,10,14H2,(H,22,23)/t20-/m1/s1. The summed E-state index contributed by atoms with van der Waals surface area (Å²) in [4.78, 5) is 12.8. The van der Waals surface area contributed by atoms with Gasteiger partial charge in [-0.1, -0.05) is 60.7 Å². The molecule has 0 spiro atoms. The first-order valence-electron chi connectivity index (χ1n) is 8.19. The molecule has 0 aromatic heterocycles. The van der Waals surface area contributed by atoms with Gasteiger partial charge in [0.05, 0.1) is 6.04 Å². The smallest absolute Gasteiger partial charge is 0.252 e. The van der Waals surface area contributed by atoms with E-state index in [-0.39, 0.29) is 11.9 Å². The van der Waals surface area contributed by atoms with E-state index in [0.717, 1.165) is 35.6 Å². The molecule has 0 saturated carbocycles. The molecule has 0 heterocycles. The Kier molecular flexibility index (Phi) is 3.58. The lowest BCUT2D eigenvalue weighted by molar-refractivity contribution is 0.0934. The van der Waals surface area contributed by atoms with Crippen LogP contribution in [0, 0.1) is 0 Å². The van der Waals surface area contributed by atoms with E-state index in [4.69, 9.17) is 0 Å². The summed E-state index contributed by atoms with van der Waals surface area (Å²) >= 11 is 0. The fraction of sp³-hybridized carbons (Fsp3) is 0.190. The summed E-state index contributed by atoms with van der Waals surface area (Å²) in [6, 6.07) is 22.5. The first-order chi connectivity index (χ1) is 11.3. The first-order valence-corrected chi connectivity index (χ1v) is 8.19. The van der Waals surface area contributed by atoms with Crippen LogP contribution in [-0.4, -0.2) is 5.91 Å². The molecule has 0 fully saturated rings. The largest absolute Gasteiger partial charge is 0.345 e. The molecule has 2 heteroatoms. The number of hydrogen-bond donors (Lipinski definition) is 1. The predicted octanol–water partition coefficient (Wildman–Crippen LogP) is 4.65. The van der Waals surface area contributed by atoms with E-state index in [2.05, 4.69) is 29.6 Å². The Morgan fingerprint density at radius 2 is 1.70 bits per heavy atom. The molecular weight excluding hydrogens is 282 g/mol. The second kappa shape index (κ2) is 5.88. The number of aryl methyl sites for hydroxylation is 1. The van der Waals surface area contributed by atoms with Crippen LogP contribution in [0.15, 0.2) is 66.7 Å². The average molecular weight is 301 g/mol. The van der Waals surface area contributed by atoms with Gasteiger partial charge in [-0.25, -0.2) is 0 Å². The van der Waals surface area contributed by atoms with Crippen LogP contribution in [0.4, 0.5) is 0 Å². The number of benzene rings is 3. The van der Waals surface area contributed by atoms with Gasteiger partial charge in [-0.05, 0) is 47.2 Å². The van der Waals surface area contributed by atoms with Crippen molar-refractivity contribution in [2.24, 2.45) is 0 Å². The van der Waals surface area contributed by atoms with Gasteiger partial charge in [0, 0.05) is 5.56 Å². The lowest BCUT2D eigenvalue weighted by Crippen LogP contribution is -2.31. The van der Waals surface area contributed by atoms with Gasteiger partial charge in [-0.3, -0.25) is 4.79 Å². The third-order valence-corrected chi connectivity index (χ3v) is 4.71. The second-order valence-corrected chi connectivity index (χ2v) is 6.14. The number of amides is 1. The molecule has 23 heavy (non-hydrogen) atoms. The van der Waals surface area contributed by atoms with Gasteiger partial charge >= 0.3 is 0 Å². The topological polar surface area (TPSA) is 29.1 Å². The van der Waals surface area contributed by atoms with Gasteiger partial charge in [0.1, 0.15) is 0 Å². The third kappa shape index (κ3) is 2.61. The van der Waals surface area contributed by atoms with E-state index in [1.54, 1.807) is 0 Å². The molecule has 0 saturated heterocycles. The Hall–Kier alpha value is -2.61. The van der Waals surface area contributed by atoms with Crippen LogP contribution in [0.2, 0.25) is 0 Å². The summed E-state index contributed by atoms with van der Waals surface area (Å²) in [5, 5.41) is 5.36. The summed E-state index contributed by atoms with van der Waals surface area (Å²) in [7, 11) is 0. The number of fused-ring (bicyclic) bond motifs is 2. The zero-order valence-corrected chi connectivity index (χ0v) is 13.0. The highest BCUT2D eigenvalue weighted by atomic mass is 16.1. The Morgan fingerprint density at radius 3 is 2.65 bits per heavy atom. The highest BCUT2D eigenvalue weighted by molar-refractivity contribution is 6.07. The number of hydrogen-bond acceptors (Lipinski definition) is 1. The fourth-order valence-corrected chi connectivity index (χ4v) is 3.56. The van der Waals surface area contributed by atoms with Gasteiger partial charge in [0.15, 0.2) is 0 Å². The molecule has 1 aliphatic rings. The van der Waals surface area contributed by atoms with E-state index in [1.165, 1.54) is 11.1 Å². The van der Waals surface area contributed by atoms with Gasteiger partial charge in [0.2, 0.25) is 0 Å². The molecule has 4 rings (SSSR count). The van der Waals surface area contributed by atoms with E-state index in [0.29, 0.717) is 0 Å². The quantitative estimate of drug-likeness (QED) is 0.733. The summed E-state index contributed by atoms with van der Waals surface area (Å²) < 4.78 is 0. The summed E-state index contributed by atoms with van der Waals surface area (Å²) in [6.45, 7) is 0. The van der Waals surface area contributed by atoms with Crippen molar-refractivity contribution >= 4 is 16.7 Å². The van der Waals surface area contributed by atoms with Crippen molar-refractivity contribution in [3.05, 3.63) is 83.4 Å². The fourth-order valence-electron chi connectivity index (χ4n) is 3.56. The van der Waals surface area contributed by atoms with Gasteiger partial charge in [-0.15, -0.1) is 0 Å². The van der Waals surface area contributed by atoms with Crippen molar-refractivity contribution in [1.82, 2.24) is 5.32 Å². The molecule has 1 aliphatic carbocycles. The predicted molar refractivity (Wildman–Crippen MR) is 93.5 cm³/mol. The molecule has 0 aliphatic heterocycles. The lowest BCUT2D eigenvalue weighted by atomic mass is 9.87. The van der Waals surface area contributed by atoms with Crippen LogP contribution in [0.3, 0.4) is 0 Å². The molecule has 0 unspecified atom stereocenters. The van der Waals surface area contributed by atoms with Gasteiger partial charge in [0.25, 0.3) is 5.91 Å². The van der Waals surface area contributed by atoms with Crippen LogP contribution in [0.25, 0.3) is 10.8 Å². The van der Waals surface area contributed by atoms with E-state index in [1.807, 2.05) is 42.5 Å². The van der Waals surface area contributed by atoms with E-state index >= 15 is 0 Å². The summed E-state index contributed by atoms with van der Waals surface area (Å²) in [5.41, 5.74) is 3.39. The Labute approximate surface area is 136 Å². The van der Waals surface area contributed by atoms with Crippen molar-refractivity contribution in [3.8, 4) is 0 Å². The highest BCUT2D eigenvalue weighted by Gasteiger charge is 2.22. The highest BCUT2D eigenvalue weighted by Crippen LogP contribution is 2.30. The molecule has 3 aromatic rings. The third-order valence-electron chi connectivity index (χ3n) is 4.71. The minimum Gasteiger partial charge on any atom is -0.345 e. The van der Waals surface area contributed by atoms with Crippen molar-refractivity contribution in [2.75, 3.05) is 0 Å². The number of carbonyl (C=O) groups excluding carboxylic acids is 1. The summed E-state index contributed by atoms with van der Waals surface area (Å²) in [5.74, 6) is 0.0171. The normalized spacial score (nSPS) is 16.8. The second-order valence-electron chi connectivity index (χ2n) is 6.14. The Bertz CT molecular complexity index is 863. The molecule has 0 bridgehead atoms. The first kappa shape index (κ1) is 14.0. The van der Waals surface area contributed by atoms with Crippen LogP contribution >= 0.6 is 0 Å². The molecule has 2 nitrogen and oxygen atoms in total. The maximum absolute atomic E-state index is 12.8. The van der Waals surface area contributed by atoms with Crippen molar-refractivity contribution in [1.29, 1.82) is 0 Å². The Morgan fingerprint density at radius 1 is 0.913 bits per heavy atom. The van der Waals surface area contributed by atoms with Crippen LogP contribution in [-0.2, 0) is 6.42 Å². The minimum absolute atomic E-state index is 0.0171. The molecule has 1 N–H and O–H groups in total. The Balaban J connectivity index is 1.66. The van der Waals surface area contributed by atoms with Crippen LogP contribution < -0.4 is 5.32 Å². The monoisotopic (exact) mass is 301 g/mol. The van der Waals surface area contributed by atoms with E-state index < -0.39 is 0 Å². The zero-order chi connectivity index (χ0) is 15.6. The molecule has 114 valence electrons. The van der Waals surface area contributed by atoms with E-state index in [9.17, 15) is 4.79 Å². The van der Waals surface area contributed by atoms with Crippen LogP contribution in [0.1, 0.15) is 40.4 Å². The summed E-state index contributed by atoms with van der Waals surface area (Å²) in [6.07, 6.45) is 3.24. The minimum atomic E-state index is 0.0171. The lowest BCUT2D eigenvalue weighted by Gasteiger charge is -2.26. The number of carbonyl (C=O) groups is 1. The SMILES string of the molecule is O=C(N[C@@H]1CCCc2ccccc21)c1cccc2ccccc12. The average Bonchev–Trinajstić information content (AvgIpc) is 2.61. The molecule has 0 radical (unpaired) electrons. The maximum Gasteiger partial charge on any atom is 0.252 e. The van der Waals surface area contributed by atoms with Gasteiger partial charge < -0.3 is 5.32 Å². The molecule has 1 atom stereocenters. The van der Waals surface area contributed by atoms with Crippen LogP contribution in [0.5, 0.6) is 0 Å². The zero-order valence-electron chi connectivity index (χ0n) is 13.0. The molecule has 3 aromatic carbocycles.